The average molecular weight is 231 g/mol. The number of rotatable bonds is 5. The molecule has 0 unspecified atom stereocenters. The molecule has 0 heterocycles. The van der Waals surface area contributed by atoms with Gasteiger partial charge in [-0.1, -0.05) is 0 Å². The molecule has 0 fully saturated rings. The lowest BCUT2D eigenvalue weighted by Gasteiger charge is -2.12. The molecule has 0 rings (SSSR count). The molecule has 3 N–H and O–H groups in total. The summed E-state index contributed by atoms with van der Waals surface area (Å²) in [5.74, 6) is -0.832. The van der Waals surface area contributed by atoms with Crippen molar-refractivity contribution >= 4 is 16.1 Å². The molecule has 0 atom stereocenters. The van der Waals surface area contributed by atoms with Gasteiger partial charge in [0.15, 0.2) is 0 Å². The van der Waals surface area contributed by atoms with Crippen molar-refractivity contribution in [1.29, 1.82) is 0 Å². The molecule has 9 heteroatoms. The quantitative estimate of drug-likeness (QED) is 0.603. The number of halogens is 2. The monoisotopic (exact) mass is 231 g/mol. The third-order valence-electron chi connectivity index (χ3n) is 1.25. The van der Waals surface area contributed by atoms with E-state index in [4.69, 9.17) is 0 Å². The highest BCUT2D eigenvalue weighted by atomic mass is 32.2. The Morgan fingerprint density at radius 3 is 2.43 bits per heavy atom. The summed E-state index contributed by atoms with van der Waals surface area (Å²) in [6.45, 7) is -1.39. The first-order chi connectivity index (χ1) is 6.23. The molecule has 0 aliphatic heterocycles. The predicted molar refractivity (Wildman–Crippen MR) is 44.8 cm³/mol. The number of nitrogens with one attached hydrogen (secondary N) is 1. The van der Waals surface area contributed by atoms with Crippen LogP contribution in [0.1, 0.15) is 0 Å². The maximum Gasteiger partial charge on any atom is 0.277 e. The van der Waals surface area contributed by atoms with Crippen LogP contribution in [-0.4, -0.2) is 45.2 Å². The van der Waals surface area contributed by atoms with Crippen molar-refractivity contribution in [1.82, 2.24) is 9.62 Å². The summed E-state index contributed by atoms with van der Waals surface area (Å²) >= 11 is 0. The predicted octanol–water partition coefficient (Wildman–Crippen LogP) is -1.50. The fourth-order valence-corrected chi connectivity index (χ4v) is 0.836. The van der Waals surface area contributed by atoms with Crippen molar-refractivity contribution in [3.8, 4) is 0 Å². The Labute approximate surface area is 80.2 Å². The minimum absolute atomic E-state index is 0.549. The van der Waals surface area contributed by atoms with Gasteiger partial charge in [0.05, 0.1) is 13.1 Å². The van der Waals surface area contributed by atoms with E-state index in [0.717, 1.165) is 7.05 Å². The zero-order chi connectivity index (χ0) is 11.4. The fraction of sp³-hybridized carbons (Fsp3) is 0.800. The Kier molecular flexibility index (Phi) is 4.88. The van der Waals surface area contributed by atoms with E-state index in [1.165, 1.54) is 0 Å². The third-order valence-corrected chi connectivity index (χ3v) is 2.25. The molecular weight excluding hydrogens is 220 g/mol. The first-order valence-electron chi connectivity index (χ1n) is 3.52. The lowest BCUT2D eigenvalue weighted by molar-refractivity contribution is -0.121. The van der Waals surface area contributed by atoms with Gasteiger partial charge in [-0.15, -0.1) is 0 Å². The molecule has 84 valence electrons. The number of hydrogen-bond acceptors (Lipinski definition) is 3. The third kappa shape index (κ3) is 5.78. The fourth-order valence-electron chi connectivity index (χ4n) is 0.539. The summed E-state index contributed by atoms with van der Waals surface area (Å²) in [6.07, 6.45) is -2.67. The van der Waals surface area contributed by atoms with Crippen LogP contribution in [0.2, 0.25) is 0 Å². The first-order valence-corrected chi connectivity index (χ1v) is 5.02. The van der Waals surface area contributed by atoms with E-state index in [1.807, 2.05) is 5.32 Å². The van der Waals surface area contributed by atoms with Crippen LogP contribution in [0.25, 0.3) is 0 Å². The molecule has 0 bridgehead atoms. The van der Waals surface area contributed by atoms with E-state index < -0.39 is 35.6 Å². The average Bonchev–Trinajstić information content (AvgIpc) is 1.99. The van der Waals surface area contributed by atoms with Crippen LogP contribution in [0, 0.1) is 0 Å². The number of likely N-dealkylation sites (N-methyl/N-ethyl adjacent to an activating group) is 1. The van der Waals surface area contributed by atoms with Crippen molar-refractivity contribution < 1.29 is 22.0 Å². The second-order valence-electron chi connectivity index (χ2n) is 2.50. The highest BCUT2D eigenvalue weighted by Gasteiger charge is 2.16. The molecule has 0 spiro atoms. The Balaban J connectivity index is 3.96. The van der Waals surface area contributed by atoms with Crippen LogP contribution in [0.4, 0.5) is 8.78 Å². The summed E-state index contributed by atoms with van der Waals surface area (Å²) < 4.78 is 44.9. The molecule has 1 amide bonds. The van der Waals surface area contributed by atoms with Gasteiger partial charge in [-0.25, -0.2) is 13.9 Å². The van der Waals surface area contributed by atoms with E-state index in [-0.39, 0.29) is 0 Å². The molecule has 0 aromatic carbocycles. The van der Waals surface area contributed by atoms with Crippen LogP contribution in [0.15, 0.2) is 0 Å². The van der Waals surface area contributed by atoms with Crippen molar-refractivity contribution in [3.63, 3.8) is 0 Å². The van der Waals surface area contributed by atoms with Gasteiger partial charge in [-0.2, -0.15) is 12.7 Å². The largest absolute Gasteiger partial charge is 0.349 e. The van der Waals surface area contributed by atoms with Gasteiger partial charge < -0.3 is 5.32 Å². The lowest BCUT2D eigenvalue weighted by Crippen LogP contribution is -2.42. The van der Waals surface area contributed by atoms with Crippen molar-refractivity contribution in [2.75, 3.05) is 20.1 Å². The minimum Gasteiger partial charge on any atom is -0.349 e. The number of carbonyl (C=O) groups is 1. The lowest BCUT2D eigenvalue weighted by atomic mass is 10.5. The summed E-state index contributed by atoms with van der Waals surface area (Å²) in [5.41, 5.74) is 0. The normalized spacial score (nSPS) is 12.1. The van der Waals surface area contributed by atoms with Gasteiger partial charge in [0.1, 0.15) is 0 Å². The van der Waals surface area contributed by atoms with Crippen LogP contribution in [-0.2, 0) is 15.0 Å². The van der Waals surface area contributed by atoms with Gasteiger partial charge in [0.2, 0.25) is 5.91 Å². The highest BCUT2D eigenvalue weighted by molar-refractivity contribution is 7.86. The molecule has 0 aromatic rings. The Bertz CT molecular complexity index is 293. The Morgan fingerprint density at radius 1 is 1.57 bits per heavy atom. The number of hydrogen-bond donors (Lipinski definition) is 2. The van der Waals surface area contributed by atoms with Gasteiger partial charge in [-0.05, 0) is 0 Å². The molecule has 0 saturated heterocycles. The number of nitrogens with two attached hydrogens (primary N) is 1. The molecule has 0 aliphatic carbocycles. The summed E-state index contributed by atoms with van der Waals surface area (Å²) in [4.78, 5) is 10.8. The number of carbonyl (C=O) groups excluding carboxylic acids is 1. The Hall–Kier alpha value is -0.800. The number of alkyl halides is 2. The van der Waals surface area contributed by atoms with Crippen molar-refractivity contribution in [2.24, 2.45) is 5.14 Å². The molecule has 6 nitrogen and oxygen atoms in total. The topological polar surface area (TPSA) is 92.5 Å². The van der Waals surface area contributed by atoms with Crippen LogP contribution < -0.4 is 10.5 Å². The summed E-state index contributed by atoms with van der Waals surface area (Å²) in [5, 5.41) is 6.49. The highest BCUT2D eigenvalue weighted by Crippen LogP contribution is 1.90. The molecule has 0 aliphatic rings. The van der Waals surface area contributed by atoms with Gasteiger partial charge in [0, 0.05) is 7.05 Å². The van der Waals surface area contributed by atoms with Crippen molar-refractivity contribution in [2.45, 2.75) is 6.43 Å². The maximum atomic E-state index is 11.6. The maximum absolute atomic E-state index is 11.6. The minimum atomic E-state index is -3.95. The summed E-state index contributed by atoms with van der Waals surface area (Å²) in [6, 6.07) is 0. The van der Waals surface area contributed by atoms with Crippen LogP contribution in [0.5, 0.6) is 0 Å². The SMILES string of the molecule is CN(CC(=O)NCC(F)F)S(N)(=O)=O. The van der Waals surface area contributed by atoms with Crippen molar-refractivity contribution in [3.05, 3.63) is 0 Å². The zero-order valence-electron chi connectivity index (χ0n) is 7.41. The smallest absolute Gasteiger partial charge is 0.277 e. The van der Waals surface area contributed by atoms with Gasteiger partial charge >= 0.3 is 0 Å². The van der Waals surface area contributed by atoms with Gasteiger partial charge in [0.25, 0.3) is 16.6 Å². The number of amides is 1. The zero-order valence-corrected chi connectivity index (χ0v) is 8.22. The molecular formula is C5H11F2N3O3S. The molecule has 14 heavy (non-hydrogen) atoms. The standard InChI is InChI=1S/C5H11F2N3O3S/c1-10(14(8,12)13)3-5(11)9-2-4(6)7/h4H,2-3H2,1H3,(H,9,11)(H2,8,12,13). The van der Waals surface area contributed by atoms with E-state index >= 15 is 0 Å². The van der Waals surface area contributed by atoms with E-state index in [2.05, 4.69) is 5.14 Å². The second kappa shape index (κ2) is 5.17. The second-order valence-corrected chi connectivity index (χ2v) is 4.15. The molecule has 0 saturated carbocycles. The Morgan fingerprint density at radius 2 is 2.07 bits per heavy atom. The first kappa shape index (κ1) is 13.2. The molecule has 0 radical (unpaired) electrons. The van der Waals surface area contributed by atoms with Crippen LogP contribution in [0.3, 0.4) is 0 Å². The van der Waals surface area contributed by atoms with E-state index in [0.29, 0.717) is 4.31 Å². The molecule has 0 aromatic heterocycles. The van der Waals surface area contributed by atoms with Crippen LogP contribution >= 0.6 is 0 Å². The van der Waals surface area contributed by atoms with Gasteiger partial charge in [-0.3, -0.25) is 4.79 Å². The van der Waals surface area contributed by atoms with E-state index in [1.54, 1.807) is 0 Å². The number of nitrogens with zero attached hydrogens (tertiary/aromatic N) is 1. The summed E-state index contributed by atoms with van der Waals surface area (Å²) in [7, 11) is -2.88. The van der Waals surface area contributed by atoms with E-state index in [9.17, 15) is 22.0 Å².